The van der Waals surface area contributed by atoms with Gasteiger partial charge >= 0.3 is 0 Å². The third-order valence-electron chi connectivity index (χ3n) is 4.18. The van der Waals surface area contributed by atoms with E-state index in [-0.39, 0.29) is 11.9 Å². The van der Waals surface area contributed by atoms with Gasteiger partial charge in [-0.3, -0.25) is 4.79 Å². The number of hydrogen-bond donors (Lipinski definition) is 2. The van der Waals surface area contributed by atoms with Crippen LogP contribution in [-0.4, -0.2) is 49.1 Å². The van der Waals surface area contributed by atoms with Crippen molar-refractivity contribution in [2.45, 2.75) is 57.2 Å². The first-order chi connectivity index (χ1) is 8.16. The van der Waals surface area contributed by atoms with E-state index in [0.717, 1.165) is 45.2 Å². The molecular weight excluding hydrogens is 214 g/mol. The van der Waals surface area contributed by atoms with Gasteiger partial charge in [-0.1, -0.05) is 0 Å². The van der Waals surface area contributed by atoms with Crippen LogP contribution in [0, 0.1) is 0 Å². The molecule has 2 aliphatic rings. The van der Waals surface area contributed by atoms with Crippen molar-refractivity contribution >= 4 is 5.91 Å². The molecule has 4 heteroatoms. The van der Waals surface area contributed by atoms with Crippen LogP contribution in [0.25, 0.3) is 0 Å². The Morgan fingerprint density at radius 3 is 2.94 bits per heavy atom. The number of nitrogens with zero attached hydrogens (tertiary/aromatic N) is 1. The van der Waals surface area contributed by atoms with Gasteiger partial charge in [0, 0.05) is 18.6 Å². The molecule has 0 spiro atoms. The summed E-state index contributed by atoms with van der Waals surface area (Å²) in [5, 5.41) is 6.55. The van der Waals surface area contributed by atoms with Gasteiger partial charge in [0.25, 0.3) is 0 Å². The van der Waals surface area contributed by atoms with E-state index in [1.54, 1.807) is 0 Å². The van der Waals surface area contributed by atoms with Crippen molar-refractivity contribution in [3.8, 4) is 0 Å². The van der Waals surface area contributed by atoms with Crippen LogP contribution in [-0.2, 0) is 4.79 Å². The highest BCUT2D eigenvalue weighted by Crippen LogP contribution is 2.17. The highest BCUT2D eigenvalue weighted by Gasteiger charge is 2.27. The van der Waals surface area contributed by atoms with Gasteiger partial charge in [0.15, 0.2) is 0 Å². The van der Waals surface area contributed by atoms with Crippen LogP contribution in [0.2, 0.25) is 0 Å². The Balaban J connectivity index is 1.85. The number of likely N-dealkylation sites (tertiary alicyclic amines) is 1. The predicted octanol–water partition coefficient (Wildman–Crippen LogP) is 0.727. The molecule has 0 aromatic heterocycles. The van der Waals surface area contributed by atoms with E-state index in [2.05, 4.69) is 29.5 Å². The number of hydrogen-bond acceptors (Lipinski definition) is 3. The van der Waals surface area contributed by atoms with Gasteiger partial charge in [0.05, 0.1) is 6.04 Å². The zero-order chi connectivity index (χ0) is 12.3. The summed E-state index contributed by atoms with van der Waals surface area (Å²) in [6.45, 7) is 4.25. The predicted molar refractivity (Wildman–Crippen MR) is 68.9 cm³/mol. The van der Waals surface area contributed by atoms with E-state index in [1.807, 2.05) is 0 Å². The van der Waals surface area contributed by atoms with Crippen LogP contribution in [0.3, 0.4) is 0 Å². The second kappa shape index (κ2) is 5.83. The fraction of sp³-hybridized carbons (Fsp3) is 0.923. The SMILES string of the molecule is CC1CC(NC2CCCCNC2=O)CCN1C. The van der Waals surface area contributed by atoms with Crippen LogP contribution < -0.4 is 10.6 Å². The zero-order valence-corrected chi connectivity index (χ0v) is 11.0. The summed E-state index contributed by atoms with van der Waals surface area (Å²) in [7, 11) is 2.18. The van der Waals surface area contributed by atoms with Crippen molar-refractivity contribution < 1.29 is 4.79 Å². The molecule has 0 aromatic rings. The molecule has 1 amide bonds. The Bertz CT molecular complexity index is 269. The Hall–Kier alpha value is -0.610. The third-order valence-corrected chi connectivity index (χ3v) is 4.18. The first kappa shape index (κ1) is 12.8. The van der Waals surface area contributed by atoms with Crippen LogP contribution in [0.5, 0.6) is 0 Å². The summed E-state index contributed by atoms with van der Waals surface area (Å²) in [6, 6.07) is 1.17. The Labute approximate surface area is 104 Å². The Morgan fingerprint density at radius 1 is 1.35 bits per heavy atom. The molecule has 3 atom stereocenters. The van der Waals surface area contributed by atoms with Crippen molar-refractivity contribution in [3.05, 3.63) is 0 Å². The molecule has 0 aromatic carbocycles. The largest absolute Gasteiger partial charge is 0.355 e. The number of nitrogens with one attached hydrogen (secondary N) is 2. The van der Waals surface area contributed by atoms with E-state index >= 15 is 0 Å². The quantitative estimate of drug-likeness (QED) is 0.746. The summed E-state index contributed by atoms with van der Waals surface area (Å²) in [6.07, 6.45) is 5.57. The maximum Gasteiger partial charge on any atom is 0.237 e. The Morgan fingerprint density at radius 2 is 2.18 bits per heavy atom. The molecule has 2 saturated heterocycles. The van der Waals surface area contributed by atoms with Crippen molar-refractivity contribution in [2.24, 2.45) is 0 Å². The molecule has 0 saturated carbocycles. The van der Waals surface area contributed by atoms with Crippen LogP contribution in [0.1, 0.15) is 39.0 Å². The maximum atomic E-state index is 11.8. The fourth-order valence-corrected chi connectivity index (χ4v) is 2.82. The lowest BCUT2D eigenvalue weighted by Crippen LogP contribution is -2.52. The summed E-state index contributed by atoms with van der Waals surface area (Å²) in [4.78, 5) is 14.2. The molecule has 3 unspecified atom stereocenters. The van der Waals surface area contributed by atoms with Gasteiger partial charge in [-0.25, -0.2) is 0 Å². The molecule has 4 nitrogen and oxygen atoms in total. The smallest absolute Gasteiger partial charge is 0.237 e. The average molecular weight is 239 g/mol. The Kier molecular flexibility index (Phi) is 4.40. The van der Waals surface area contributed by atoms with Gasteiger partial charge in [-0.2, -0.15) is 0 Å². The van der Waals surface area contributed by atoms with Crippen LogP contribution >= 0.6 is 0 Å². The molecule has 17 heavy (non-hydrogen) atoms. The molecular formula is C13H25N3O. The van der Waals surface area contributed by atoms with Crippen molar-refractivity contribution in [3.63, 3.8) is 0 Å². The van der Waals surface area contributed by atoms with Gasteiger partial charge in [-0.05, 0) is 52.6 Å². The van der Waals surface area contributed by atoms with E-state index in [9.17, 15) is 4.79 Å². The molecule has 98 valence electrons. The van der Waals surface area contributed by atoms with E-state index in [0.29, 0.717) is 12.1 Å². The molecule has 2 rings (SSSR count). The summed E-state index contributed by atoms with van der Waals surface area (Å²) in [5.41, 5.74) is 0. The highest BCUT2D eigenvalue weighted by molar-refractivity contribution is 5.81. The molecule has 0 bridgehead atoms. The lowest BCUT2D eigenvalue weighted by atomic mass is 9.97. The number of piperidine rings is 1. The van der Waals surface area contributed by atoms with Gasteiger partial charge in [0.2, 0.25) is 5.91 Å². The zero-order valence-electron chi connectivity index (χ0n) is 11.0. The minimum absolute atomic E-state index is 0.0399. The van der Waals surface area contributed by atoms with Crippen molar-refractivity contribution in [1.29, 1.82) is 0 Å². The maximum absolute atomic E-state index is 11.8. The summed E-state index contributed by atoms with van der Waals surface area (Å²) >= 11 is 0. The first-order valence-corrected chi connectivity index (χ1v) is 6.91. The highest BCUT2D eigenvalue weighted by atomic mass is 16.2. The van der Waals surface area contributed by atoms with Crippen molar-refractivity contribution in [1.82, 2.24) is 15.5 Å². The first-order valence-electron chi connectivity index (χ1n) is 6.91. The molecule has 2 aliphatic heterocycles. The molecule has 2 heterocycles. The van der Waals surface area contributed by atoms with Crippen LogP contribution in [0.4, 0.5) is 0 Å². The second-order valence-electron chi connectivity index (χ2n) is 5.56. The third kappa shape index (κ3) is 3.42. The second-order valence-corrected chi connectivity index (χ2v) is 5.56. The minimum Gasteiger partial charge on any atom is -0.355 e. The summed E-state index contributed by atoms with van der Waals surface area (Å²) in [5.74, 6) is 0.203. The summed E-state index contributed by atoms with van der Waals surface area (Å²) < 4.78 is 0. The normalized spacial score (nSPS) is 36.4. The number of amides is 1. The van der Waals surface area contributed by atoms with Gasteiger partial charge in [-0.15, -0.1) is 0 Å². The molecule has 2 N–H and O–H groups in total. The van der Waals surface area contributed by atoms with Gasteiger partial charge < -0.3 is 15.5 Å². The average Bonchev–Trinajstić information content (AvgIpc) is 2.50. The van der Waals surface area contributed by atoms with Gasteiger partial charge in [0.1, 0.15) is 0 Å². The van der Waals surface area contributed by atoms with E-state index < -0.39 is 0 Å². The minimum atomic E-state index is 0.0399. The topological polar surface area (TPSA) is 44.4 Å². The number of carbonyl (C=O) groups is 1. The standard InChI is InChI=1S/C13H25N3O/c1-10-9-11(6-8-16(10)2)15-12-5-3-4-7-14-13(12)17/h10-12,15H,3-9H2,1-2H3,(H,14,17). The number of carbonyl (C=O) groups excluding carboxylic acids is 1. The molecule has 0 aliphatic carbocycles. The van der Waals surface area contributed by atoms with Crippen molar-refractivity contribution in [2.75, 3.05) is 20.1 Å². The number of rotatable bonds is 2. The molecule has 0 radical (unpaired) electrons. The van der Waals surface area contributed by atoms with E-state index in [1.165, 1.54) is 0 Å². The lowest BCUT2D eigenvalue weighted by molar-refractivity contribution is -0.123. The van der Waals surface area contributed by atoms with E-state index in [4.69, 9.17) is 0 Å². The van der Waals surface area contributed by atoms with Crippen LogP contribution in [0.15, 0.2) is 0 Å². The molecule has 2 fully saturated rings. The lowest BCUT2D eigenvalue weighted by Gasteiger charge is -2.36. The fourth-order valence-electron chi connectivity index (χ4n) is 2.82. The monoisotopic (exact) mass is 239 g/mol.